The van der Waals surface area contributed by atoms with Crippen LogP contribution in [0.5, 0.6) is 0 Å². The van der Waals surface area contributed by atoms with E-state index in [1.807, 2.05) is 0 Å². The van der Waals surface area contributed by atoms with Gasteiger partial charge in [-0.15, -0.1) is 0 Å². The van der Waals surface area contributed by atoms with Gasteiger partial charge in [0.2, 0.25) is 0 Å². The smallest absolute Gasteiger partial charge is 0.257 e. The van der Waals surface area contributed by atoms with Gasteiger partial charge in [0.25, 0.3) is 5.91 Å². The zero-order valence-electron chi connectivity index (χ0n) is 9.15. The van der Waals surface area contributed by atoms with E-state index in [1.54, 1.807) is 6.07 Å². The molecule has 6 heteroatoms. The summed E-state index contributed by atoms with van der Waals surface area (Å²) in [6, 6.07) is 7.10. The molecule has 4 nitrogen and oxygen atoms in total. The second kappa shape index (κ2) is 5.01. The van der Waals surface area contributed by atoms with Crippen molar-refractivity contribution < 1.29 is 9.18 Å². The van der Waals surface area contributed by atoms with Gasteiger partial charge in [0, 0.05) is 11.9 Å². The fraction of sp³-hybridized carbons (Fsp3) is 0. The number of rotatable bonds is 2. The summed E-state index contributed by atoms with van der Waals surface area (Å²) in [6.45, 7) is 0. The molecule has 0 saturated heterocycles. The summed E-state index contributed by atoms with van der Waals surface area (Å²) in [5.41, 5.74) is 5.84. The maximum Gasteiger partial charge on any atom is 0.257 e. The van der Waals surface area contributed by atoms with E-state index in [0.29, 0.717) is 5.69 Å². The minimum atomic E-state index is -0.629. The van der Waals surface area contributed by atoms with E-state index in [9.17, 15) is 9.18 Å². The predicted octanol–water partition coefficient (Wildman–Crippen LogP) is 2.71. The summed E-state index contributed by atoms with van der Waals surface area (Å²) in [7, 11) is 0. The lowest BCUT2D eigenvalue weighted by molar-refractivity contribution is 0.102. The Morgan fingerprint density at radius 2 is 2.17 bits per heavy atom. The third kappa shape index (κ3) is 2.57. The van der Waals surface area contributed by atoms with Gasteiger partial charge in [-0.05, 0) is 24.3 Å². The van der Waals surface area contributed by atoms with Gasteiger partial charge in [-0.2, -0.15) is 0 Å². The first-order chi connectivity index (χ1) is 8.58. The Labute approximate surface area is 108 Å². The molecule has 2 aromatic rings. The zero-order chi connectivity index (χ0) is 13.1. The average molecular weight is 266 g/mol. The first kappa shape index (κ1) is 12.3. The zero-order valence-corrected chi connectivity index (χ0v) is 9.91. The van der Waals surface area contributed by atoms with Gasteiger partial charge in [0.05, 0.1) is 11.3 Å². The van der Waals surface area contributed by atoms with Crippen molar-refractivity contribution in [3.05, 3.63) is 53.1 Å². The van der Waals surface area contributed by atoms with Crippen LogP contribution >= 0.6 is 11.6 Å². The average Bonchev–Trinajstić information content (AvgIpc) is 2.32. The molecule has 92 valence electrons. The van der Waals surface area contributed by atoms with Crippen molar-refractivity contribution in [2.24, 2.45) is 0 Å². The highest BCUT2D eigenvalue weighted by molar-refractivity contribution is 6.29. The van der Waals surface area contributed by atoms with Gasteiger partial charge >= 0.3 is 0 Å². The van der Waals surface area contributed by atoms with E-state index in [2.05, 4.69) is 10.3 Å². The Morgan fingerprint density at radius 3 is 2.89 bits per heavy atom. The lowest BCUT2D eigenvalue weighted by Gasteiger charge is -2.07. The van der Waals surface area contributed by atoms with Crippen LogP contribution in [0, 0.1) is 5.82 Å². The van der Waals surface area contributed by atoms with E-state index in [-0.39, 0.29) is 16.4 Å². The molecule has 0 bridgehead atoms. The molecule has 0 fully saturated rings. The number of halogens is 2. The third-order valence-corrected chi connectivity index (χ3v) is 2.49. The van der Waals surface area contributed by atoms with Crippen LogP contribution in [-0.2, 0) is 0 Å². The Bertz CT molecular complexity index is 604. The number of carbonyl (C=O) groups is 1. The third-order valence-electron chi connectivity index (χ3n) is 2.28. The molecule has 0 radical (unpaired) electrons. The molecule has 1 heterocycles. The highest BCUT2D eigenvalue weighted by Gasteiger charge is 2.12. The van der Waals surface area contributed by atoms with Crippen LogP contribution < -0.4 is 11.1 Å². The van der Waals surface area contributed by atoms with Crippen molar-refractivity contribution in [2.75, 3.05) is 11.1 Å². The largest absolute Gasteiger partial charge is 0.396 e. The van der Waals surface area contributed by atoms with Crippen LogP contribution in [-0.4, -0.2) is 10.9 Å². The Kier molecular flexibility index (Phi) is 3.43. The van der Waals surface area contributed by atoms with Gasteiger partial charge in [-0.1, -0.05) is 17.7 Å². The molecular formula is C12H9ClFN3O. The number of hydrogen-bond donors (Lipinski definition) is 2. The van der Waals surface area contributed by atoms with Crippen molar-refractivity contribution in [3.63, 3.8) is 0 Å². The molecule has 0 aliphatic rings. The summed E-state index contributed by atoms with van der Waals surface area (Å²) in [4.78, 5) is 15.7. The number of nitrogens with two attached hydrogens (primary N) is 1. The van der Waals surface area contributed by atoms with Crippen LogP contribution in [0.2, 0.25) is 5.15 Å². The van der Waals surface area contributed by atoms with Crippen LogP contribution in [0.1, 0.15) is 10.4 Å². The summed E-state index contributed by atoms with van der Waals surface area (Å²) in [6.07, 6.45) is 1.45. The SMILES string of the molecule is Nc1c(F)cccc1C(=O)Nc1ccnc(Cl)c1. The molecule has 0 unspecified atom stereocenters. The predicted molar refractivity (Wildman–Crippen MR) is 68.0 cm³/mol. The molecule has 0 saturated carbocycles. The number of benzene rings is 1. The topological polar surface area (TPSA) is 68.0 Å². The van der Waals surface area contributed by atoms with Gasteiger partial charge in [0.1, 0.15) is 11.0 Å². The van der Waals surface area contributed by atoms with Gasteiger partial charge in [-0.25, -0.2) is 9.37 Å². The van der Waals surface area contributed by atoms with Gasteiger partial charge in [-0.3, -0.25) is 4.79 Å². The highest BCUT2D eigenvalue weighted by Crippen LogP contribution is 2.18. The number of hydrogen-bond acceptors (Lipinski definition) is 3. The molecular weight excluding hydrogens is 257 g/mol. The second-order valence-electron chi connectivity index (χ2n) is 3.52. The van der Waals surface area contributed by atoms with E-state index in [1.165, 1.54) is 30.5 Å². The van der Waals surface area contributed by atoms with E-state index in [0.717, 1.165) is 0 Å². The summed E-state index contributed by atoms with van der Waals surface area (Å²) in [5, 5.41) is 2.81. The normalized spacial score (nSPS) is 10.1. The van der Waals surface area contributed by atoms with Crippen molar-refractivity contribution in [1.29, 1.82) is 0 Å². The molecule has 18 heavy (non-hydrogen) atoms. The summed E-state index contributed by atoms with van der Waals surface area (Å²) < 4.78 is 13.2. The van der Waals surface area contributed by atoms with Crippen LogP contribution in [0.15, 0.2) is 36.5 Å². The Hall–Kier alpha value is -2.14. The van der Waals surface area contributed by atoms with Crippen molar-refractivity contribution >= 4 is 28.9 Å². The van der Waals surface area contributed by atoms with E-state index in [4.69, 9.17) is 17.3 Å². The fourth-order valence-corrected chi connectivity index (χ4v) is 1.59. The summed E-state index contributed by atoms with van der Waals surface area (Å²) in [5.74, 6) is -1.13. The van der Waals surface area contributed by atoms with Crippen molar-refractivity contribution in [3.8, 4) is 0 Å². The molecule has 1 amide bonds. The molecule has 0 spiro atoms. The highest BCUT2D eigenvalue weighted by atomic mass is 35.5. The van der Waals surface area contributed by atoms with Gasteiger partial charge < -0.3 is 11.1 Å². The summed E-state index contributed by atoms with van der Waals surface area (Å²) >= 11 is 5.68. The van der Waals surface area contributed by atoms with Gasteiger partial charge in [0.15, 0.2) is 0 Å². The first-order valence-corrected chi connectivity index (χ1v) is 5.42. The fourth-order valence-electron chi connectivity index (χ4n) is 1.41. The number of anilines is 2. The van der Waals surface area contributed by atoms with Crippen LogP contribution in [0.25, 0.3) is 0 Å². The quantitative estimate of drug-likeness (QED) is 0.648. The molecule has 0 atom stereocenters. The minimum Gasteiger partial charge on any atom is -0.396 e. The van der Waals surface area contributed by atoms with Crippen molar-refractivity contribution in [2.45, 2.75) is 0 Å². The number of amides is 1. The number of para-hydroxylation sites is 1. The molecule has 0 aliphatic heterocycles. The van der Waals surface area contributed by atoms with Crippen LogP contribution in [0.4, 0.5) is 15.8 Å². The minimum absolute atomic E-state index is 0.0722. The standard InChI is InChI=1S/C12H9ClFN3O/c13-10-6-7(4-5-16-10)17-12(18)8-2-1-3-9(14)11(8)15/h1-6H,15H2,(H,16,17,18). The number of carbonyl (C=O) groups excluding carboxylic acids is 1. The number of pyridine rings is 1. The van der Waals surface area contributed by atoms with Crippen LogP contribution in [0.3, 0.4) is 0 Å². The second-order valence-corrected chi connectivity index (χ2v) is 3.91. The molecule has 1 aromatic heterocycles. The maximum absolute atomic E-state index is 13.2. The van der Waals surface area contributed by atoms with Crippen molar-refractivity contribution in [1.82, 2.24) is 4.98 Å². The number of aromatic nitrogens is 1. The first-order valence-electron chi connectivity index (χ1n) is 5.05. The lowest BCUT2D eigenvalue weighted by atomic mass is 10.1. The van der Waals surface area contributed by atoms with E-state index < -0.39 is 11.7 Å². The Morgan fingerprint density at radius 1 is 1.39 bits per heavy atom. The molecule has 3 N–H and O–H groups in total. The monoisotopic (exact) mass is 265 g/mol. The number of nitrogen functional groups attached to an aromatic ring is 1. The molecule has 0 aliphatic carbocycles. The maximum atomic E-state index is 13.2. The number of nitrogens with zero attached hydrogens (tertiary/aromatic N) is 1. The number of nitrogens with one attached hydrogen (secondary N) is 1. The molecule has 2 rings (SSSR count). The Balaban J connectivity index is 2.25. The lowest BCUT2D eigenvalue weighted by Crippen LogP contribution is -2.14. The molecule has 1 aromatic carbocycles. The van der Waals surface area contributed by atoms with E-state index >= 15 is 0 Å².